The first kappa shape index (κ1) is 45.3. The van der Waals surface area contributed by atoms with Crippen molar-refractivity contribution in [3.8, 4) is 5.88 Å². The third-order valence-corrected chi connectivity index (χ3v) is 9.65. The number of anilines is 2. The molecule has 1 heterocycles. The molecule has 1 aromatic rings. The van der Waals surface area contributed by atoms with Gasteiger partial charge in [0, 0.05) is 25.7 Å². The van der Waals surface area contributed by atoms with E-state index in [0.717, 1.165) is 6.42 Å². The van der Waals surface area contributed by atoms with Crippen LogP contribution in [0, 0.1) is 17.8 Å². The normalized spacial score (nSPS) is 16.9. The molecule has 1 aromatic heterocycles. The van der Waals surface area contributed by atoms with Crippen molar-refractivity contribution in [1.82, 2.24) is 20.1 Å². The lowest BCUT2D eigenvalue weighted by atomic mass is 9.88. The van der Waals surface area contributed by atoms with Gasteiger partial charge < -0.3 is 40.4 Å². The van der Waals surface area contributed by atoms with Crippen molar-refractivity contribution in [1.29, 1.82) is 0 Å². The van der Waals surface area contributed by atoms with Gasteiger partial charge in [-0.05, 0) is 43.9 Å². The summed E-state index contributed by atoms with van der Waals surface area (Å²) in [6.45, 7) is 13.2. The minimum Gasteiger partial charge on any atom is -0.479 e. The molecule has 0 saturated heterocycles. The topological polar surface area (TPSA) is 243 Å². The highest BCUT2D eigenvalue weighted by molar-refractivity contribution is 7.54. The lowest BCUT2D eigenvalue weighted by Gasteiger charge is -2.32. The van der Waals surface area contributed by atoms with Crippen LogP contribution in [0.1, 0.15) is 93.4 Å². The van der Waals surface area contributed by atoms with E-state index in [4.69, 9.17) is 30.2 Å². The summed E-state index contributed by atoms with van der Waals surface area (Å²) in [7, 11) is -1.59. The first-order valence-electron chi connectivity index (χ1n) is 17.4. The standard InChI is InChI=1S/C33H62N7O9P/c1-10-13-22(12-3)28(42)23(17-20(4)5)39-50(45,40-24(18-21(6)7)32(44)48-16-11-2)49-19-26(46-8)29(43)25(41)14-15-36-27-30(34)37-33(35)38-31(27)47-9/h15,20-26,29,41,43H,10-14,16-19H2,1-9H3,(H2,39,40,45)(H4,34,35,37,38)/b36-15-/t22?,23-,24-,25?,26?,29?,50?/m0/s1. The van der Waals surface area contributed by atoms with Crippen molar-refractivity contribution >= 4 is 43.1 Å². The number of ether oxygens (including phenoxy) is 3. The highest BCUT2D eigenvalue weighted by atomic mass is 31.2. The molecule has 8 N–H and O–H groups in total. The molecular weight excluding hydrogens is 669 g/mol. The summed E-state index contributed by atoms with van der Waals surface area (Å²) >= 11 is 0. The predicted molar refractivity (Wildman–Crippen MR) is 194 cm³/mol. The number of aliphatic hydroxyl groups excluding tert-OH is 2. The number of rotatable bonds is 26. The van der Waals surface area contributed by atoms with E-state index in [1.165, 1.54) is 20.4 Å². The van der Waals surface area contributed by atoms with Gasteiger partial charge in [-0.2, -0.15) is 9.97 Å². The van der Waals surface area contributed by atoms with E-state index in [9.17, 15) is 24.4 Å². The van der Waals surface area contributed by atoms with E-state index in [0.29, 0.717) is 25.7 Å². The molecule has 0 aromatic carbocycles. The number of ketones is 1. The monoisotopic (exact) mass is 731 g/mol. The molecule has 50 heavy (non-hydrogen) atoms. The summed E-state index contributed by atoms with van der Waals surface area (Å²) in [5.41, 5.74) is 11.6. The Hall–Kier alpha value is -2.72. The largest absolute Gasteiger partial charge is 0.479 e. The molecule has 7 atom stereocenters. The number of nitrogens with one attached hydrogen (secondary N) is 2. The summed E-state index contributed by atoms with van der Waals surface area (Å²) < 4.78 is 36.7. The number of aromatic nitrogens is 2. The SMILES string of the molecule is CCCOC(=O)[C@H](CC(C)C)NP(=O)(N[C@@H](CC(C)C)C(=O)C(CC)CCC)OCC(OC)C(O)C(O)C/C=N\c1c(N)nc(N)nc1OC. The van der Waals surface area contributed by atoms with E-state index in [2.05, 4.69) is 25.1 Å². The molecule has 0 spiro atoms. The first-order valence-corrected chi connectivity index (χ1v) is 19.1. The fraction of sp³-hybridized carbons (Fsp3) is 0.788. The summed E-state index contributed by atoms with van der Waals surface area (Å²) in [5, 5.41) is 27.7. The van der Waals surface area contributed by atoms with Gasteiger partial charge in [-0.25, -0.2) is 10.2 Å². The lowest BCUT2D eigenvalue weighted by molar-refractivity contribution is -0.146. The van der Waals surface area contributed by atoms with Crippen LogP contribution in [0.4, 0.5) is 17.5 Å². The van der Waals surface area contributed by atoms with Crippen LogP contribution in [-0.4, -0.2) is 96.0 Å². The number of aliphatic hydroxyl groups is 2. The summed E-state index contributed by atoms with van der Waals surface area (Å²) in [6, 6.07) is -1.88. The number of methoxy groups -OCH3 is 2. The van der Waals surface area contributed by atoms with Crippen molar-refractivity contribution in [2.75, 3.05) is 38.9 Å². The molecule has 0 aliphatic heterocycles. The number of carbonyl (C=O) groups excluding carboxylic acids is 2. The molecule has 0 bridgehead atoms. The molecule has 0 aliphatic rings. The Bertz CT molecular complexity index is 1250. The molecule has 5 unspecified atom stereocenters. The van der Waals surface area contributed by atoms with Gasteiger partial charge in [-0.1, -0.05) is 54.9 Å². The van der Waals surface area contributed by atoms with Gasteiger partial charge in [0.2, 0.25) is 11.8 Å². The number of Topliss-reactive ketones (excluding diaryl/α,β-unsaturated/α-hetero) is 1. The summed E-state index contributed by atoms with van der Waals surface area (Å²) in [6.07, 6.45) is 0.329. The van der Waals surface area contributed by atoms with Gasteiger partial charge in [0.05, 0.1) is 32.5 Å². The molecule has 17 heteroatoms. The Morgan fingerprint density at radius 2 is 1.60 bits per heavy atom. The molecular formula is C33H62N7O9P. The van der Waals surface area contributed by atoms with E-state index in [1.807, 2.05) is 48.5 Å². The van der Waals surface area contributed by atoms with E-state index in [1.54, 1.807) is 0 Å². The second-order valence-electron chi connectivity index (χ2n) is 13.1. The zero-order valence-corrected chi connectivity index (χ0v) is 32.2. The summed E-state index contributed by atoms with van der Waals surface area (Å²) in [4.78, 5) is 38.9. The van der Waals surface area contributed by atoms with Crippen molar-refractivity contribution in [2.24, 2.45) is 22.7 Å². The molecule has 16 nitrogen and oxygen atoms in total. The van der Waals surface area contributed by atoms with Gasteiger partial charge in [-0.3, -0.25) is 19.1 Å². The first-order chi connectivity index (χ1) is 23.6. The fourth-order valence-electron chi connectivity index (χ4n) is 5.24. The molecule has 0 saturated carbocycles. The fourth-order valence-corrected chi connectivity index (χ4v) is 7.08. The minimum atomic E-state index is -4.24. The quantitative estimate of drug-likeness (QED) is 0.0449. The molecule has 0 aliphatic carbocycles. The number of carbonyl (C=O) groups is 2. The van der Waals surface area contributed by atoms with Crippen LogP contribution in [0.2, 0.25) is 0 Å². The molecule has 0 amide bonds. The number of hydrogen-bond acceptors (Lipinski definition) is 14. The Kier molecular flexibility index (Phi) is 20.8. The van der Waals surface area contributed by atoms with E-state index < -0.39 is 50.6 Å². The Labute approximate surface area is 297 Å². The number of nitrogens with two attached hydrogens (primary N) is 2. The highest BCUT2D eigenvalue weighted by Gasteiger charge is 2.39. The molecule has 0 fully saturated rings. The second kappa shape index (κ2) is 23.0. The smallest absolute Gasteiger partial charge is 0.342 e. The Morgan fingerprint density at radius 1 is 0.980 bits per heavy atom. The van der Waals surface area contributed by atoms with E-state index >= 15 is 0 Å². The van der Waals surface area contributed by atoms with Gasteiger partial charge in [0.1, 0.15) is 18.2 Å². The van der Waals surface area contributed by atoms with Crippen LogP contribution in [0.25, 0.3) is 0 Å². The van der Waals surface area contributed by atoms with Gasteiger partial charge in [0.15, 0.2) is 17.3 Å². The van der Waals surface area contributed by atoms with E-state index in [-0.39, 0.29) is 66.3 Å². The van der Waals surface area contributed by atoms with Crippen LogP contribution < -0.4 is 26.4 Å². The van der Waals surface area contributed by atoms with Crippen LogP contribution in [-0.2, 0) is 28.2 Å². The van der Waals surface area contributed by atoms with Crippen molar-refractivity contribution in [3.05, 3.63) is 0 Å². The average Bonchev–Trinajstić information content (AvgIpc) is 3.05. The highest BCUT2D eigenvalue weighted by Crippen LogP contribution is 2.42. The van der Waals surface area contributed by atoms with Crippen LogP contribution in [0.15, 0.2) is 4.99 Å². The Morgan fingerprint density at radius 3 is 2.14 bits per heavy atom. The maximum Gasteiger partial charge on any atom is 0.342 e. The van der Waals surface area contributed by atoms with Crippen LogP contribution >= 0.6 is 7.67 Å². The zero-order chi connectivity index (χ0) is 38.0. The van der Waals surface area contributed by atoms with Gasteiger partial charge >= 0.3 is 13.6 Å². The van der Waals surface area contributed by atoms with Crippen molar-refractivity contribution < 1.29 is 43.1 Å². The number of aliphatic imine (C=N–C) groups is 1. The zero-order valence-electron chi connectivity index (χ0n) is 31.3. The molecule has 0 radical (unpaired) electrons. The molecule has 1 rings (SSSR count). The number of hydrogen-bond donors (Lipinski definition) is 6. The Balaban J connectivity index is 3.37. The third kappa shape index (κ3) is 15.3. The lowest BCUT2D eigenvalue weighted by Crippen LogP contribution is -2.47. The number of nitrogens with zero attached hydrogens (tertiary/aromatic N) is 3. The molecule has 288 valence electrons. The minimum absolute atomic E-state index is 0.0118. The summed E-state index contributed by atoms with van der Waals surface area (Å²) in [5.74, 6) is -0.986. The van der Waals surface area contributed by atoms with Crippen LogP contribution in [0.3, 0.4) is 0 Å². The number of esters is 1. The predicted octanol–water partition coefficient (Wildman–Crippen LogP) is 3.96. The number of nitrogen functional groups attached to an aromatic ring is 2. The van der Waals surface area contributed by atoms with Gasteiger partial charge in [0.25, 0.3) is 0 Å². The van der Waals surface area contributed by atoms with Gasteiger partial charge in [-0.15, -0.1) is 0 Å². The third-order valence-electron chi connectivity index (χ3n) is 7.83. The maximum atomic E-state index is 14.7. The maximum absolute atomic E-state index is 14.7. The van der Waals surface area contributed by atoms with Crippen molar-refractivity contribution in [2.45, 2.75) is 124 Å². The second-order valence-corrected chi connectivity index (χ2v) is 15.0. The van der Waals surface area contributed by atoms with Crippen LogP contribution in [0.5, 0.6) is 5.88 Å². The average molecular weight is 732 g/mol. The van der Waals surface area contributed by atoms with Crippen molar-refractivity contribution in [3.63, 3.8) is 0 Å².